The first-order valence-corrected chi connectivity index (χ1v) is 10.8. The Labute approximate surface area is 181 Å². The van der Waals surface area contributed by atoms with Gasteiger partial charge in [0.15, 0.2) is 0 Å². The summed E-state index contributed by atoms with van der Waals surface area (Å²) in [5.74, 6) is -0.115. The number of carboxylic acid groups (broad SMARTS) is 1. The molecule has 178 valence electrons. The number of nitrogens with two attached hydrogens (primary N) is 1. The van der Waals surface area contributed by atoms with E-state index in [1.165, 1.54) is 18.9 Å². The Morgan fingerprint density at radius 2 is 1.47 bits per heavy atom. The first-order valence-electron chi connectivity index (χ1n) is 9.61. The monoisotopic (exact) mass is 457 g/mol. The van der Waals surface area contributed by atoms with Gasteiger partial charge in [-0.25, -0.2) is 4.79 Å². The van der Waals surface area contributed by atoms with Crippen LogP contribution in [0.3, 0.4) is 0 Å². The van der Waals surface area contributed by atoms with Gasteiger partial charge in [-0.3, -0.25) is 4.79 Å². The Hall–Kier alpha value is -1.15. The van der Waals surface area contributed by atoms with Crippen LogP contribution in [0.5, 0.6) is 0 Å². The fraction of sp³-hybridized carbons (Fsp3) is 0.889. The van der Waals surface area contributed by atoms with E-state index in [4.69, 9.17) is 44.0 Å². The average molecular weight is 458 g/mol. The summed E-state index contributed by atoms with van der Waals surface area (Å²) in [5.41, 5.74) is 5.47. The van der Waals surface area contributed by atoms with Crippen LogP contribution in [0.1, 0.15) is 6.42 Å². The van der Waals surface area contributed by atoms with Gasteiger partial charge in [-0.2, -0.15) is 11.8 Å². The molecule has 0 aliphatic carbocycles. The maximum atomic E-state index is 11.7. The van der Waals surface area contributed by atoms with Crippen molar-refractivity contribution in [3.05, 3.63) is 0 Å². The highest BCUT2D eigenvalue weighted by molar-refractivity contribution is 7.99. The molecule has 0 saturated heterocycles. The SMILES string of the molecule is COCCOCCOCCOCC(CSCC[C@H](N)C(=O)O)OC(=O)OCCOC. The molecule has 2 atom stereocenters. The summed E-state index contributed by atoms with van der Waals surface area (Å²) in [4.78, 5) is 22.5. The zero-order chi connectivity index (χ0) is 22.5. The second-order valence-corrected chi connectivity index (χ2v) is 7.08. The highest BCUT2D eigenvalue weighted by Gasteiger charge is 2.17. The number of ether oxygens (including phenoxy) is 7. The van der Waals surface area contributed by atoms with Gasteiger partial charge in [0.1, 0.15) is 18.8 Å². The predicted molar refractivity (Wildman–Crippen MR) is 110 cm³/mol. The lowest BCUT2D eigenvalue weighted by Crippen LogP contribution is -2.31. The van der Waals surface area contributed by atoms with E-state index in [0.717, 1.165) is 0 Å². The Kier molecular flexibility index (Phi) is 20.3. The summed E-state index contributed by atoms with van der Waals surface area (Å²) in [6.45, 7) is 3.18. The van der Waals surface area contributed by atoms with Crippen molar-refractivity contribution in [3.8, 4) is 0 Å². The van der Waals surface area contributed by atoms with E-state index in [1.807, 2.05) is 0 Å². The van der Waals surface area contributed by atoms with Crippen molar-refractivity contribution in [1.82, 2.24) is 0 Å². The van der Waals surface area contributed by atoms with Crippen molar-refractivity contribution in [1.29, 1.82) is 0 Å². The van der Waals surface area contributed by atoms with Gasteiger partial charge < -0.3 is 44.0 Å². The largest absolute Gasteiger partial charge is 0.508 e. The molecule has 1 unspecified atom stereocenters. The van der Waals surface area contributed by atoms with Gasteiger partial charge >= 0.3 is 12.1 Å². The summed E-state index contributed by atoms with van der Waals surface area (Å²) in [5, 5.41) is 8.80. The normalized spacial score (nSPS) is 13.0. The van der Waals surface area contributed by atoms with Gasteiger partial charge in [-0.1, -0.05) is 0 Å². The van der Waals surface area contributed by atoms with Crippen LogP contribution in [0.2, 0.25) is 0 Å². The topological polar surface area (TPSA) is 145 Å². The lowest BCUT2D eigenvalue weighted by Gasteiger charge is -2.18. The van der Waals surface area contributed by atoms with Crippen molar-refractivity contribution >= 4 is 23.9 Å². The van der Waals surface area contributed by atoms with E-state index < -0.39 is 24.3 Å². The van der Waals surface area contributed by atoms with Crippen LogP contribution in [0.15, 0.2) is 0 Å². The fourth-order valence-corrected chi connectivity index (χ4v) is 2.85. The zero-order valence-corrected chi connectivity index (χ0v) is 18.6. The van der Waals surface area contributed by atoms with Crippen LogP contribution >= 0.6 is 11.8 Å². The van der Waals surface area contributed by atoms with Crippen molar-refractivity contribution in [3.63, 3.8) is 0 Å². The summed E-state index contributed by atoms with van der Waals surface area (Å²) in [6.07, 6.45) is -1.05. The molecule has 12 heteroatoms. The van der Waals surface area contributed by atoms with Crippen LogP contribution in [0.4, 0.5) is 4.79 Å². The molecule has 0 aromatic heterocycles. The molecule has 0 spiro atoms. The highest BCUT2D eigenvalue weighted by atomic mass is 32.2. The van der Waals surface area contributed by atoms with E-state index in [1.54, 1.807) is 7.11 Å². The van der Waals surface area contributed by atoms with E-state index in [9.17, 15) is 9.59 Å². The molecular weight excluding hydrogens is 422 g/mol. The maximum Gasteiger partial charge on any atom is 0.508 e. The number of aliphatic carboxylic acids is 1. The molecule has 0 aromatic carbocycles. The number of rotatable bonds is 21. The van der Waals surface area contributed by atoms with Crippen LogP contribution in [0, 0.1) is 0 Å². The molecule has 30 heavy (non-hydrogen) atoms. The third-order valence-corrected chi connectivity index (χ3v) is 4.58. The van der Waals surface area contributed by atoms with Crippen LogP contribution < -0.4 is 5.73 Å². The predicted octanol–water partition coefficient (Wildman–Crippen LogP) is 0.386. The van der Waals surface area contributed by atoms with Gasteiger partial charge in [-0.05, 0) is 12.2 Å². The standard InChI is InChI=1S/C18H35NO10S/c1-23-4-6-25-7-8-26-9-10-27-13-15(29-18(22)28-11-5-24-2)14-30-12-3-16(19)17(20)21/h15-16H,3-14,19H2,1-2H3,(H,20,21)/t15?,16-/m0/s1. The Morgan fingerprint density at radius 1 is 0.900 bits per heavy atom. The number of hydrogen-bond acceptors (Lipinski definition) is 11. The van der Waals surface area contributed by atoms with Crippen molar-refractivity contribution < 1.29 is 47.9 Å². The molecular formula is C18H35NO10S. The molecule has 0 saturated carbocycles. The van der Waals surface area contributed by atoms with Gasteiger partial charge in [-0.15, -0.1) is 0 Å². The molecule has 0 amide bonds. The van der Waals surface area contributed by atoms with Gasteiger partial charge in [0, 0.05) is 20.0 Å². The number of methoxy groups -OCH3 is 2. The summed E-state index contributed by atoms with van der Waals surface area (Å²) >= 11 is 1.42. The van der Waals surface area contributed by atoms with Gasteiger partial charge in [0.2, 0.25) is 0 Å². The van der Waals surface area contributed by atoms with Crippen LogP contribution in [-0.2, 0) is 38.0 Å². The Morgan fingerprint density at radius 3 is 2.07 bits per heavy atom. The molecule has 0 aliphatic heterocycles. The van der Waals surface area contributed by atoms with Crippen LogP contribution in [0.25, 0.3) is 0 Å². The van der Waals surface area contributed by atoms with E-state index >= 15 is 0 Å². The molecule has 0 radical (unpaired) electrons. The second kappa shape index (κ2) is 21.1. The molecule has 3 N–H and O–H groups in total. The third kappa shape index (κ3) is 18.9. The first-order chi connectivity index (χ1) is 14.5. The van der Waals surface area contributed by atoms with Crippen molar-refractivity contribution in [2.24, 2.45) is 5.73 Å². The zero-order valence-electron chi connectivity index (χ0n) is 17.7. The lowest BCUT2D eigenvalue weighted by molar-refractivity contribution is -0.138. The lowest BCUT2D eigenvalue weighted by atomic mass is 10.2. The number of carboxylic acids is 1. The summed E-state index contributed by atoms with van der Waals surface area (Å²) < 4.78 is 36.0. The average Bonchev–Trinajstić information content (AvgIpc) is 2.72. The first kappa shape index (κ1) is 28.9. The number of carbonyl (C=O) groups excluding carboxylic acids is 1. The second-order valence-electron chi connectivity index (χ2n) is 5.93. The highest BCUT2D eigenvalue weighted by Crippen LogP contribution is 2.10. The number of thioether (sulfide) groups is 1. The van der Waals surface area contributed by atoms with Gasteiger partial charge in [0.25, 0.3) is 0 Å². The van der Waals surface area contributed by atoms with E-state index in [0.29, 0.717) is 57.6 Å². The van der Waals surface area contributed by atoms with E-state index in [-0.39, 0.29) is 19.8 Å². The quantitative estimate of drug-likeness (QED) is 0.182. The summed E-state index contributed by atoms with van der Waals surface area (Å²) in [6, 6.07) is -0.914. The van der Waals surface area contributed by atoms with Crippen molar-refractivity contribution in [2.45, 2.75) is 18.6 Å². The minimum absolute atomic E-state index is 0.0871. The molecule has 0 rings (SSSR count). The molecule has 0 fully saturated rings. The minimum atomic E-state index is -1.04. The number of hydrogen-bond donors (Lipinski definition) is 2. The molecule has 0 aromatic rings. The van der Waals surface area contributed by atoms with Crippen molar-refractivity contribution in [2.75, 3.05) is 85.2 Å². The van der Waals surface area contributed by atoms with Crippen LogP contribution in [-0.4, -0.2) is 115 Å². The molecule has 0 heterocycles. The number of carbonyl (C=O) groups is 2. The smallest absolute Gasteiger partial charge is 0.480 e. The van der Waals surface area contributed by atoms with Gasteiger partial charge in [0.05, 0.1) is 52.9 Å². The third-order valence-electron chi connectivity index (χ3n) is 3.44. The minimum Gasteiger partial charge on any atom is -0.480 e. The Balaban J connectivity index is 4.04. The Bertz CT molecular complexity index is 430. The molecule has 0 bridgehead atoms. The fourth-order valence-electron chi connectivity index (χ4n) is 1.84. The van der Waals surface area contributed by atoms with E-state index in [2.05, 4.69) is 0 Å². The molecule has 11 nitrogen and oxygen atoms in total. The maximum absolute atomic E-state index is 11.7. The summed E-state index contributed by atoms with van der Waals surface area (Å²) in [7, 11) is 3.11. The molecule has 0 aliphatic rings.